The Bertz CT molecular complexity index is 916. The van der Waals surface area contributed by atoms with Gasteiger partial charge in [0.1, 0.15) is 12.4 Å². The number of hydrogen-bond acceptors (Lipinski definition) is 5. The highest BCUT2D eigenvalue weighted by molar-refractivity contribution is 7.91. The molecule has 1 N–H and O–H groups in total. The van der Waals surface area contributed by atoms with Gasteiger partial charge in [0.05, 0.1) is 27.8 Å². The number of sulfone groups is 1. The maximum absolute atomic E-state index is 11.6. The van der Waals surface area contributed by atoms with Gasteiger partial charge in [-0.2, -0.15) is 9.78 Å². The van der Waals surface area contributed by atoms with E-state index in [4.69, 9.17) is 23.8 Å². The van der Waals surface area contributed by atoms with Crippen molar-refractivity contribution in [3.05, 3.63) is 31.9 Å². The van der Waals surface area contributed by atoms with Crippen molar-refractivity contribution in [1.82, 2.24) is 14.3 Å². The average molecular weight is 422 g/mol. The second-order valence-electron chi connectivity index (χ2n) is 6.73. The summed E-state index contributed by atoms with van der Waals surface area (Å²) in [4.78, 5) is 2.48. The molecule has 1 unspecified atom stereocenters. The topological polar surface area (TPSA) is 61.3 Å². The van der Waals surface area contributed by atoms with Crippen molar-refractivity contribution in [3.8, 4) is 0 Å². The Hall–Kier alpha value is -0.740. The van der Waals surface area contributed by atoms with Crippen LogP contribution in [0.2, 0.25) is 4.34 Å². The summed E-state index contributed by atoms with van der Waals surface area (Å²) in [5, 5.41) is 4.64. The minimum atomic E-state index is -2.87. The minimum absolute atomic E-state index is 0.146. The lowest BCUT2D eigenvalue weighted by Gasteiger charge is -2.12. The summed E-state index contributed by atoms with van der Waals surface area (Å²) in [6, 6.07) is 3.95. The number of thiophene rings is 1. The molecule has 1 aliphatic heterocycles. The van der Waals surface area contributed by atoms with E-state index in [-0.39, 0.29) is 11.7 Å². The molecular formula is C15H22ClN4O2S3+. The van der Waals surface area contributed by atoms with Gasteiger partial charge >= 0.3 is 0 Å². The molecule has 138 valence electrons. The maximum atomic E-state index is 11.6. The molecule has 0 radical (unpaired) electrons. The predicted molar refractivity (Wildman–Crippen MR) is 102 cm³/mol. The lowest BCUT2D eigenvalue weighted by atomic mass is 10.1. The summed E-state index contributed by atoms with van der Waals surface area (Å²) in [6.07, 6.45) is 1.37. The number of nitrogens with one attached hydrogen (secondary N) is 1. The van der Waals surface area contributed by atoms with Crippen molar-refractivity contribution in [2.24, 2.45) is 13.0 Å². The van der Waals surface area contributed by atoms with Crippen LogP contribution in [0.5, 0.6) is 0 Å². The van der Waals surface area contributed by atoms with Crippen LogP contribution in [0.3, 0.4) is 0 Å². The molecule has 1 saturated heterocycles. The molecule has 2 aromatic heterocycles. The molecule has 0 aromatic carbocycles. The zero-order chi connectivity index (χ0) is 18.2. The van der Waals surface area contributed by atoms with Crippen molar-refractivity contribution in [2.75, 3.05) is 18.6 Å². The predicted octanol–water partition coefficient (Wildman–Crippen LogP) is 1.32. The van der Waals surface area contributed by atoms with E-state index in [0.717, 1.165) is 16.7 Å². The summed E-state index contributed by atoms with van der Waals surface area (Å²) < 4.78 is 28.5. The first-order valence-electron chi connectivity index (χ1n) is 8.12. The molecule has 3 heterocycles. The molecule has 1 aliphatic rings. The Morgan fingerprint density at radius 1 is 1.48 bits per heavy atom. The van der Waals surface area contributed by atoms with Crippen molar-refractivity contribution in [1.29, 1.82) is 0 Å². The molecule has 0 bridgehead atoms. The highest BCUT2D eigenvalue weighted by Crippen LogP contribution is 2.22. The fourth-order valence-electron chi connectivity index (χ4n) is 3.16. The molecule has 0 saturated carbocycles. The van der Waals surface area contributed by atoms with E-state index in [1.165, 1.54) is 9.78 Å². The van der Waals surface area contributed by atoms with Crippen molar-refractivity contribution >= 4 is 45.0 Å². The molecule has 10 heteroatoms. The van der Waals surface area contributed by atoms with E-state index in [1.54, 1.807) is 11.3 Å². The largest absolute Gasteiger partial charge is 0.314 e. The SMILES string of the molecule is Cn1c(C[C@H]2CCS(=O)(=O)C2)nn(C[NH+](C)Cc2ccc(Cl)s2)c1=S. The smallest absolute Gasteiger partial charge is 0.202 e. The maximum Gasteiger partial charge on any atom is 0.202 e. The van der Waals surface area contributed by atoms with Gasteiger partial charge in [-0.3, -0.25) is 0 Å². The third-order valence-electron chi connectivity index (χ3n) is 4.45. The van der Waals surface area contributed by atoms with E-state index in [9.17, 15) is 8.42 Å². The minimum Gasteiger partial charge on any atom is -0.314 e. The van der Waals surface area contributed by atoms with Crippen LogP contribution in [0.1, 0.15) is 17.1 Å². The van der Waals surface area contributed by atoms with Crippen LogP contribution >= 0.6 is 35.2 Å². The van der Waals surface area contributed by atoms with E-state index in [0.29, 0.717) is 30.0 Å². The van der Waals surface area contributed by atoms with E-state index < -0.39 is 9.84 Å². The molecule has 2 aromatic rings. The third-order valence-corrected chi connectivity index (χ3v) is 8.01. The zero-order valence-corrected chi connectivity index (χ0v) is 17.4. The van der Waals surface area contributed by atoms with Gasteiger partial charge in [-0.15, -0.1) is 11.3 Å². The van der Waals surface area contributed by atoms with Gasteiger partial charge in [-0.05, 0) is 36.7 Å². The Balaban J connectivity index is 1.67. The fraction of sp³-hybridized carbons (Fsp3) is 0.600. The van der Waals surface area contributed by atoms with Gasteiger partial charge in [0.15, 0.2) is 16.5 Å². The van der Waals surface area contributed by atoms with Gasteiger partial charge in [0.2, 0.25) is 4.77 Å². The number of halogens is 1. The van der Waals surface area contributed by atoms with E-state index in [1.807, 2.05) is 28.4 Å². The number of rotatable bonds is 6. The lowest BCUT2D eigenvalue weighted by molar-refractivity contribution is -0.917. The molecule has 0 aliphatic carbocycles. The standard InChI is InChI=1S/C15H21ClN4O2S3/c1-18(8-12-3-4-13(16)24-12)10-20-15(23)19(2)14(17-20)7-11-5-6-25(21,22)9-11/h3-4,11H,5-10H2,1-2H3/p+1/t11-/m1/s1. The zero-order valence-electron chi connectivity index (χ0n) is 14.2. The van der Waals surface area contributed by atoms with Crippen LogP contribution in [0.4, 0.5) is 0 Å². The first-order valence-corrected chi connectivity index (χ1v) is 11.5. The number of hydrogen-bond donors (Lipinski definition) is 1. The van der Waals surface area contributed by atoms with Crippen molar-refractivity contribution < 1.29 is 13.3 Å². The second kappa shape index (κ2) is 7.48. The number of nitrogens with zero attached hydrogens (tertiary/aromatic N) is 3. The summed E-state index contributed by atoms with van der Waals surface area (Å²) in [5.41, 5.74) is 0. The molecular weight excluding hydrogens is 400 g/mol. The molecule has 3 rings (SSSR count). The van der Waals surface area contributed by atoms with Gasteiger partial charge < -0.3 is 9.47 Å². The summed E-state index contributed by atoms with van der Waals surface area (Å²) in [5.74, 6) is 1.56. The average Bonchev–Trinajstić information content (AvgIpc) is 3.15. The normalized spacial score (nSPS) is 20.8. The summed E-state index contributed by atoms with van der Waals surface area (Å²) in [7, 11) is 1.13. The highest BCUT2D eigenvalue weighted by Gasteiger charge is 2.29. The quantitative estimate of drug-likeness (QED) is 0.714. The Morgan fingerprint density at radius 2 is 2.24 bits per heavy atom. The molecule has 25 heavy (non-hydrogen) atoms. The van der Waals surface area contributed by atoms with Crippen LogP contribution in [0.25, 0.3) is 0 Å². The molecule has 0 amide bonds. The number of quaternary nitrogens is 1. The summed E-state index contributed by atoms with van der Waals surface area (Å²) >= 11 is 13.1. The van der Waals surface area contributed by atoms with E-state index in [2.05, 4.69) is 12.1 Å². The molecule has 1 fully saturated rings. The first kappa shape index (κ1) is 19.0. The fourth-order valence-corrected chi connectivity index (χ4v) is 6.43. The number of aromatic nitrogens is 3. The van der Waals surface area contributed by atoms with E-state index >= 15 is 0 Å². The van der Waals surface area contributed by atoms with Crippen LogP contribution in [-0.4, -0.2) is 41.3 Å². The highest BCUT2D eigenvalue weighted by atomic mass is 35.5. The lowest BCUT2D eigenvalue weighted by Crippen LogP contribution is -3.06. The molecule has 6 nitrogen and oxygen atoms in total. The Morgan fingerprint density at radius 3 is 2.84 bits per heavy atom. The van der Waals surface area contributed by atoms with Crippen LogP contribution in [0.15, 0.2) is 12.1 Å². The van der Waals surface area contributed by atoms with Gasteiger partial charge in [0.25, 0.3) is 0 Å². The van der Waals surface area contributed by atoms with Crippen LogP contribution in [-0.2, 0) is 36.5 Å². The molecule has 2 atom stereocenters. The molecule has 0 spiro atoms. The first-order chi connectivity index (χ1) is 11.7. The van der Waals surface area contributed by atoms with Crippen molar-refractivity contribution in [3.63, 3.8) is 0 Å². The van der Waals surface area contributed by atoms with Crippen molar-refractivity contribution in [2.45, 2.75) is 26.1 Å². The Kier molecular flexibility index (Phi) is 5.69. The Labute approximate surface area is 161 Å². The third kappa shape index (κ3) is 4.71. The van der Waals surface area contributed by atoms with Crippen LogP contribution in [0, 0.1) is 10.7 Å². The van der Waals surface area contributed by atoms with Gasteiger partial charge in [0, 0.05) is 13.5 Å². The van der Waals surface area contributed by atoms with Gasteiger partial charge in [-0.1, -0.05) is 11.6 Å². The van der Waals surface area contributed by atoms with Gasteiger partial charge in [-0.25, -0.2) is 8.42 Å². The van der Waals surface area contributed by atoms with Crippen LogP contribution < -0.4 is 4.90 Å². The second-order valence-corrected chi connectivity index (χ2v) is 11.1. The monoisotopic (exact) mass is 421 g/mol. The summed E-state index contributed by atoms with van der Waals surface area (Å²) in [6.45, 7) is 1.51.